The Morgan fingerprint density at radius 3 is 2.40 bits per heavy atom. The van der Waals surface area contributed by atoms with Crippen molar-refractivity contribution in [1.82, 2.24) is 9.80 Å². The summed E-state index contributed by atoms with van der Waals surface area (Å²) in [6, 6.07) is 3.90. The SMILES string of the molecule is COc1cc(C)c(C(=O)CN2CCN(C)CC2)cc1C. The first-order chi connectivity index (χ1) is 9.51. The van der Waals surface area contributed by atoms with Gasteiger partial charge >= 0.3 is 0 Å². The van der Waals surface area contributed by atoms with E-state index < -0.39 is 0 Å². The molecule has 1 aromatic carbocycles. The molecule has 20 heavy (non-hydrogen) atoms. The van der Waals surface area contributed by atoms with Crippen LogP contribution in [-0.2, 0) is 0 Å². The highest BCUT2D eigenvalue weighted by Gasteiger charge is 2.19. The Morgan fingerprint density at radius 1 is 1.15 bits per heavy atom. The van der Waals surface area contributed by atoms with Crippen molar-refractivity contribution in [2.75, 3.05) is 46.9 Å². The number of methoxy groups -OCH3 is 1. The lowest BCUT2D eigenvalue weighted by atomic mass is 10.0. The van der Waals surface area contributed by atoms with E-state index in [1.807, 2.05) is 26.0 Å². The van der Waals surface area contributed by atoms with E-state index in [1.54, 1.807) is 7.11 Å². The molecule has 1 aliphatic heterocycles. The number of hydrogen-bond acceptors (Lipinski definition) is 4. The van der Waals surface area contributed by atoms with Crippen LogP contribution in [0.2, 0.25) is 0 Å². The lowest BCUT2D eigenvalue weighted by Crippen LogP contribution is -2.46. The molecule has 110 valence electrons. The van der Waals surface area contributed by atoms with Crippen LogP contribution in [0.15, 0.2) is 12.1 Å². The maximum atomic E-state index is 12.5. The fraction of sp³-hybridized carbons (Fsp3) is 0.562. The minimum absolute atomic E-state index is 0.206. The molecule has 1 aliphatic rings. The molecule has 0 aliphatic carbocycles. The van der Waals surface area contributed by atoms with Gasteiger partial charge in [0.15, 0.2) is 5.78 Å². The summed E-state index contributed by atoms with van der Waals surface area (Å²) in [6.07, 6.45) is 0. The quantitative estimate of drug-likeness (QED) is 0.784. The van der Waals surface area contributed by atoms with Crippen LogP contribution in [-0.4, -0.2) is 62.5 Å². The van der Waals surface area contributed by atoms with Gasteiger partial charge in [-0.3, -0.25) is 9.69 Å². The fourth-order valence-electron chi connectivity index (χ4n) is 2.60. The van der Waals surface area contributed by atoms with E-state index in [1.165, 1.54) is 0 Å². The number of carbonyl (C=O) groups excluding carboxylic acids is 1. The van der Waals surface area contributed by atoms with E-state index in [0.717, 1.165) is 48.6 Å². The molecule has 0 bridgehead atoms. The first-order valence-corrected chi connectivity index (χ1v) is 7.10. The Bertz CT molecular complexity index is 491. The average Bonchev–Trinajstić information content (AvgIpc) is 2.43. The third-order valence-corrected chi connectivity index (χ3v) is 4.01. The van der Waals surface area contributed by atoms with Gasteiger partial charge in [0, 0.05) is 31.7 Å². The van der Waals surface area contributed by atoms with Crippen molar-refractivity contribution in [3.8, 4) is 5.75 Å². The highest BCUT2D eigenvalue weighted by atomic mass is 16.5. The molecular formula is C16H24N2O2. The number of Topliss-reactive ketones (excluding diaryl/α,β-unsaturated/α-hetero) is 1. The summed E-state index contributed by atoms with van der Waals surface area (Å²) in [5, 5.41) is 0. The predicted molar refractivity (Wildman–Crippen MR) is 80.7 cm³/mol. The van der Waals surface area contributed by atoms with Crippen molar-refractivity contribution in [3.05, 3.63) is 28.8 Å². The lowest BCUT2D eigenvalue weighted by Gasteiger charge is -2.31. The van der Waals surface area contributed by atoms with Crippen LogP contribution in [0.5, 0.6) is 5.75 Å². The van der Waals surface area contributed by atoms with Crippen molar-refractivity contribution in [2.45, 2.75) is 13.8 Å². The van der Waals surface area contributed by atoms with Gasteiger partial charge in [0.25, 0.3) is 0 Å². The zero-order valence-electron chi connectivity index (χ0n) is 12.9. The molecule has 0 aromatic heterocycles. The van der Waals surface area contributed by atoms with Gasteiger partial charge in [-0.1, -0.05) is 0 Å². The number of benzene rings is 1. The summed E-state index contributed by atoms with van der Waals surface area (Å²) in [6.45, 7) is 8.47. The number of ketones is 1. The highest BCUT2D eigenvalue weighted by Crippen LogP contribution is 2.23. The van der Waals surface area contributed by atoms with Crippen molar-refractivity contribution in [2.24, 2.45) is 0 Å². The molecule has 0 spiro atoms. The van der Waals surface area contributed by atoms with Gasteiger partial charge in [0.05, 0.1) is 13.7 Å². The zero-order chi connectivity index (χ0) is 14.7. The molecule has 4 heteroatoms. The van der Waals surface area contributed by atoms with E-state index in [4.69, 9.17) is 4.74 Å². The van der Waals surface area contributed by atoms with E-state index in [2.05, 4.69) is 16.8 Å². The monoisotopic (exact) mass is 276 g/mol. The Labute approximate surface area is 121 Å². The fourth-order valence-corrected chi connectivity index (χ4v) is 2.60. The van der Waals surface area contributed by atoms with Crippen LogP contribution in [0.25, 0.3) is 0 Å². The summed E-state index contributed by atoms with van der Waals surface area (Å²) in [5.41, 5.74) is 2.83. The number of carbonyl (C=O) groups is 1. The summed E-state index contributed by atoms with van der Waals surface area (Å²) in [7, 11) is 3.78. The summed E-state index contributed by atoms with van der Waals surface area (Å²) in [5.74, 6) is 1.05. The van der Waals surface area contributed by atoms with Crippen LogP contribution >= 0.6 is 0 Å². The second kappa shape index (κ2) is 6.37. The Hall–Kier alpha value is -1.39. The first kappa shape index (κ1) is 15.0. The van der Waals surface area contributed by atoms with Gasteiger partial charge in [-0.05, 0) is 44.2 Å². The minimum atomic E-state index is 0.206. The maximum Gasteiger partial charge on any atom is 0.177 e. The van der Waals surface area contributed by atoms with Crippen LogP contribution in [0.3, 0.4) is 0 Å². The molecule has 4 nitrogen and oxygen atoms in total. The van der Waals surface area contributed by atoms with Gasteiger partial charge in [-0.2, -0.15) is 0 Å². The molecule has 0 amide bonds. The minimum Gasteiger partial charge on any atom is -0.496 e. The molecule has 2 rings (SSSR count). The number of piperazine rings is 1. The van der Waals surface area contributed by atoms with Crippen molar-refractivity contribution < 1.29 is 9.53 Å². The molecule has 0 atom stereocenters. The number of nitrogens with zero attached hydrogens (tertiary/aromatic N) is 2. The molecule has 0 N–H and O–H groups in total. The topological polar surface area (TPSA) is 32.8 Å². The molecule has 0 unspecified atom stereocenters. The number of ether oxygens (including phenoxy) is 1. The zero-order valence-corrected chi connectivity index (χ0v) is 12.9. The largest absolute Gasteiger partial charge is 0.496 e. The van der Waals surface area contributed by atoms with Gasteiger partial charge in [-0.15, -0.1) is 0 Å². The number of hydrogen-bond donors (Lipinski definition) is 0. The van der Waals surface area contributed by atoms with E-state index in [-0.39, 0.29) is 5.78 Å². The normalized spacial score (nSPS) is 17.2. The third-order valence-electron chi connectivity index (χ3n) is 4.01. The summed E-state index contributed by atoms with van der Waals surface area (Å²) in [4.78, 5) is 17.0. The number of aryl methyl sites for hydroxylation is 2. The van der Waals surface area contributed by atoms with Gasteiger partial charge < -0.3 is 9.64 Å². The second-order valence-electron chi connectivity index (χ2n) is 5.64. The van der Waals surface area contributed by atoms with Crippen LogP contribution < -0.4 is 4.74 Å². The summed E-state index contributed by atoms with van der Waals surface area (Å²) >= 11 is 0. The Kier molecular flexibility index (Phi) is 4.78. The molecule has 1 aromatic rings. The molecule has 1 fully saturated rings. The third kappa shape index (κ3) is 3.38. The van der Waals surface area contributed by atoms with Gasteiger partial charge in [0.1, 0.15) is 5.75 Å². The standard InChI is InChI=1S/C16H24N2O2/c1-12-10-16(20-4)13(2)9-14(12)15(19)11-18-7-5-17(3)6-8-18/h9-10H,5-8,11H2,1-4H3. The number of rotatable bonds is 4. The van der Waals surface area contributed by atoms with Crippen LogP contribution in [0, 0.1) is 13.8 Å². The smallest absolute Gasteiger partial charge is 0.177 e. The lowest BCUT2D eigenvalue weighted by molar-refractivity contribution is 0.0875. The summed E-state index contributed by atoms with van der Waals surface area (Å²) < 4.78 is 5.30. The first-order valence-electron chi connectivity index (χ1n) is 7.10. The molecule has 0 saturated carbocycles. The van der Waals surface area contributed by atoms with E-state index in [0.29, 0.717) is 6.54 Å². The van der Waals surface area contributed by atoms with Crippen LogP contribution in [0.1, 0.15) is 21.5 Å². The predicted octanol–water partition coefficient (Wildman–Crippen LogP) is 1.74. The molecule has 1 heterocycles. The average molecular weight is 276 g/mol. The number of likely N-dealkylation sites (N-methyl/N-ethyl adjacent to an activating group) is 1. The highest BCUT2D eigenvalue weighted by molar-refractivity contribution is 5.99. The van der Waals surface area contributed by atoms with E-state index in [9.17, 15) is 4.79 Å². The van der Waals surface area contributed by atoms with Crippen molar-refractivity contribution in [1.29, 1.82) is 0 Å². The van der Waals surface area contributed by atoms with Crippen molar-refractivity contribution >= 4 is 5.78 Å². The van der Waals surface area contributed by atoms with Gasteiger partial charge in [0.2, 0.25) is 0 Å². The maximum absolute atomic E-state index is 12.5. The van der Waals surface area contributed by atoms with Gasteiger partial charge in [-0.25, -0.2) is 0 Å². The van der Waals surface area contributed by atoms with Crippen LogP contribution in [0.4, 0.5) is 0 Å². The Balaban J connectivity index is 2.07. The molecule has 0 radical (unpaired) electrons. The molecular weight excluding hydrogens is 252 g/mol. The van der Waals surface area contributed by atoms with Crippen molar-refractivity contribution in [3.63, 3.8) is 0 Å². The van der Waals surface area contributed by atoms with E-state index >= 15 is 0 Å². The Morgan fingerprint density at radius 2 is 1.80 bits per heavy atom. The second-order valence-corrected chi connectivity index (χ2v) is 5.64. The molecule has 1 saturated heterocycles.